The summed E-state index contributed by atoms with van der Waals surface area (Å²) in [6, 6.07) is 15.0. The third-order valence-electron chi connectivity index (χ3n) is 4.88. The van der Waals surface area contributed by atoms with Gasteiger partial charge in [0.05, 0.1) is 18.0 Å². The van der Waals surface area contributed by atoms with Crippen molar-refractivity contribution in [1.82, 2.24) is 10.2 Å². The summed E-state index contributed by atoms with van der Waals surface area (Å²) in [6.07, 6.45) is -2.19. The molecule has 0 aliphatic carbocycles. The molecule has 2 aromatic carbocycles. The number of halogens is 3. The van der Waals surface area contributed by atoms with Gasteiger partial charge in [0.1, 0.15) is 0 Å². The fourth-order valence-electron chi connectivity index (χ4n) is 3.50. The van der Waals surface area contributed by atoms with Crippen molar-refractivity contribution in [1.29, 1.82) is 0 Å². The van der Waals surface area contributed by atoms with Gasteiger partial charge < -0.3 is 5.32 Å². The molecule has 1 aliphatic rings. The van der Waals surface area contributed by atoms with Gasteiger partial charge in [0.25, 0.3) is 0 Å². The fraction of sp³-hybridized carbons (Fsp3) is 0.381. The number of alkyl halides is 3. The van der Waals surface area contributed by atoms with Gasteiger partial charge in [0, 0.05) is 6.54 Å². The van der Waals surface area contributed by atoms with Gasteiger partial charge in [-0.15, -0.1) is 0 Å². The van der Waals surface area contributed by atoms with Crippen molar-refractivity contribution in [3.05, 3.63) is 71.3 Å². The molecule has 1 atom stereocenters. The normalized spacial score (nSPS) is 16.3. The molecule has 0 spiro atoms. The standard InChI is InChI=1S/C21H23F3N2O/c22-21(23,24)18-10-6-7-16(13-18)14-20(27)25-15-19(26-11-4-5-12-26)17-8-2-1-3-9-17/h1-3,6-10,13,19H,4-5,11-12,14-15H2,(H,25,27)/t19-/m0/s1. The van der Waals surface area contributed by atoms with Crippen LogP contribution in [0.3, 0.4) is 0 Å². The van der Waals surface area contributed by atoms with E-state index in [1.54, 1.807) is 6.07 Å². The minimum absolute atomic E-state index is 0.0641. The molecule has 6 heteroatoms. The Balaban J connectivity index is 1.63. The Morgan fingerprint density at radius 3 is 2.41 bits per heavy atom. The first-order valence-electron chi connectivity index (χ1n) is 9.15. The number of carbonyl (C=O) groups excluding carboxylic acids is 1. The Morgan fingerprint density at radius 2 is 1.74 bits per heavy atom. The van der Waals surface area contributed by atoms with Gasteiger partial charge in [-0.1, -0.05) is 48.5 Å². The van der Waals surface area contributed by atoms with Crippen LogP contribution in [0.25, 0.3) is 0 Å². The van der Waals surface area contributed by atoms with E-state index in [0.717, 1.165) is 43.6 Å². The molecule has 1 saturated heterocycles. The monoisotopic (exact) mass is 376 g/mol. The van der Waals surface area contributed by atoms with Gasteiger partial charge in [-0.3, -0.25) is 9.69 Å². The molecule has 1 heterocycles. The number of nitrogens with one attached hydrogen (secondary N) is 1. The van der Waals surface area contributed by atoms with Crippen molar-refractivity contribution in [2.24, 2.45) is 0 Å². The van der Waals surface area contributed by atoms with Crippen molar-refractivity contribution in [2.45, 2.75) is 31.5 Å². The van der Waals surface area contributed by atoms with E-state index >= 15 is 0 Å². The minimum atomic E-state index is -4.40. The summed E-state index contributed by atoms with van der Waals surface area (Å²) >= 11 is 0. The van der Waals surface area contributed by atoms with Crippen LogP contribution in [-0.4, -0.2) is 30.4 Å². The SMILES string of the molecule is O=C(Cc1cccc(C(F)(F)F)c1)NC[C@@H](c1ccccc1)N1CCCC1. The van der Waals surface area contributed by atoms with Crippen molar-refractivity contribution in [2.75, 3.05) is 19.6 Å². The van der Waals surface area contributed by atoms with E-state index < -0.39 is 11.7 Å². The molecule has 1 aliphatic heterocycles. The molecule has 0 unspecified atom stereocenters. The van der Waals surface area contributed by atoms with Crippen LogP contribution in [0, 0.1) is 0 Å². The molecule has 0 bridgehead atoms. The smallest absolute Gasteiger partial charge is 0.354 e. The Bertz CT molecular complexity index is 756. The molecule has 0 radical (unpaired) electrons. The van der Waals surface area contributed by atoms with Crippen LogP contribution in [0.15, 0.2) is 54.6 Å². The van der Waals surface area contributed by atoms with Crippen molar-refractivity contribution >= 4 is 5.91 Å². The predicted octanol–water partition coefficient (Wildman–Crippen LogP) is 4.20. The second kappa shape index (κ2) is 8.57. The Morgan fingerprint density at radius 1 is 1.04 bits per heavy atom. The van der Waals surface area contributed by atoms with E-state index in [2.05, 4.69) is 10.2 Å². The first-order chi connectivity index (χ1) is 12.9. The summed E-state index contributed by atoms with van der Waals surface area (Å²) in [5, 5.41) is 2.90. The molecule has 3 nitrogen and oxygen atoms in total. The number of hydrogen-bond acceptors (Lipinski definition) is 2. The van der Waals surface area contributed by atoms with Crippen LogP contribution in [0.5, 0.6) is 0 Å². The number of hydrogen-bond donors (Lipinski definition) is 1. The average molecular weight is 376 g/mol. The summed E-state index contributed by atoms with van der Waals surface area (Å²) in [6.45, 7) is 2.42. The summed E-state index contributed by atoms with van der Waals surface area (Å²) in [4.78, 5) is 14.7. The van der Waals surface area contributed by atoms with Crippen LogP contribution in [-0.2, 0) is 17.4 Å². The maximum atomic E-state index is 12.8. The highest BCUT2D eigenvalue weighted by Gasteiger charge is 2.30. The molecule has 1 fully saturated rings. The van der Waals surface area contributed by atoms with Gasteiger partial charge in [0.2, 0.25) is 5.91 Å². The molecule has 3 rings (SSSR count). The maximum absolute atomic E-state index is 12.8. The number of likely N-dealkylation sites (tertiary alicyclic amines) is 1. The molecule has 1 N–H and O–H groups in total. The minimum Gasteiger partial charge on any atom is -0.354 e. The van der Waals surface area contributed by atoms with Crippen molar-refractivity contribution in [3.63, 3.8) is 0 Å². The Kier molecular flexibility index (Phi) is 6.16. The maximum Gasteiger partial charge on any atom is 0.416 e. The van der Waals surface area contributed by atoms with Gasteiger partial charge in [-0.2, -0.15) is 13.2 Å². The topological polar surface area (TPSA) is 32.3 Å². The third-order valence-corrected chi connectivity index (χ3v) is 4.88. The lowest BCUT2D eigenvalue weighted by molar-refractivity contribution is -0.137. The summed E-state index contributed by atoms with van der Waals surface area (Å²) in [7, 11) is 0. The molecule has 144 valence electrons. The van der Waals surface area contributed by atoms with E-state index in [4.69, 9.17) is 0 Å². The van der Waals surface area contributed by atoms with Gasteiger partial charge in [-0.25, -0.2) is 0 Å². The van der Waals surface area contributed by atoms with Crippen LogP contribution in [0.2, 0.25) is 0 Å². The molecular weight excluding hydrogens is 353 g/mol. The molecule has 0 saturated carbocycles. The summed E-state index contributed by atoms with van der Waals surface area (Å²) in [5.41, 5.74) is 0.769. The highest BCUT2D eigenvalue weighted by atomic mass is 19.4. The largest absolute Gasteiger partial charge is 0.416 e. The molecule has 1 amide bonds. The average Bonchev–Trinajstić information content (AvgIpc) is 3.17. The number of rotatable bonds is 6. The second-order valence-electron chi connectivity index (χ2n) is 6.85. The van der Waals surface area contributed by atoms with E-state index in [-0.39, 0.29) is 18.4 Å². The zero-order valence-electron chi connectivity index (χ0n) is 15.0. The van der Waals surface area contributed by atoms with Crippen molar-refractivity contribution < 1.29 is 18.0 Å². The number of carbonyl (C=O) groups is 1. The van der Waals surface area contributed by atoms with E-state index in [1.807, 2.05) is 30.3 Å². The first-order valence-corrected chi connectivity index (χ1v) is 9.15. The van der Waals surface area contributed by atoms with E-state index in [0.29, 0.717) is 12.1 Å². The fourth-order valence-corrected chi connectivity index (χ4v) is 3.50. The lowest BCUT2D eigenvalue weighted by Gasteiger charge is -2.28. The predicted molar refractivity (Wildman–Crippen MR) is 98.1 cm³/mol. The van der Waals surface area contributed by atoms with Gasteiger partial charge >= 0.3 is 6.18 Å². The van der Waals surface area contributed by atoms with Crippen molar-refractivity contribution in [3.8, 4) is 0 Å². The second-order valence-corrected chi connectivity index (χ2v) is 6.85. The van der Waals surface area contributed by atoms with Crippen LogP contribution >= 0.6 is 0 Å². The third kappa shape index (κ3) is 5.32. The number of amides is 1. The zero-order chi connectivity index (χ0) is 19.3. The lowest BCUT2D eigenvalue weighted by Crippen LogP contribution is -2.37. The van der Waals surface area contributed by atoms with Crippen LogP contribution < -0.4 is 5.32 Å². The number of nitrogens with zero attached hydrogens (tertiary/aromatic N) is 1. The lowest BCUT2D eigenvalue weighted by atomic mass is 10.0. The Labute approximate surface area is 157 Å². The summed E-state index contributed by atoms with van der Waals surface area (Å²) in [5.74, 6) is -0.269. The van der Waals surface area contributed by atoms with Crippen LogP contribution in [0.4, 0.5) is 13.2 Å². The van der Waals surface area contributed by atoms with Gasteiger partial charge in [0.15, 0.2) is 0 Å². The first kappa shape index (κ1) is 19.4. The quantitative estimate of drug-likeness (QED) is 0.820. The van der Waals surface area contributed by atoms with Crippen LogP contribution in [0.1, 0.15) is 35.6 Å². The van der Waals surface area contributed by atoms with Gasteiger partial charge in [-0.05, 0) is 43.1 Å². The zero-order valence-corrected chi connectivity index (χ0v) is 15.0. The highest BCUT2D eigenvalue weighted by molar-refractivity contribution is 5.78. The molecule has 27 heavy (non-hydrogen) atoms. The molecule has 2 aromatic rings. The van der Waals surface area contributed by atoms with E-state index in [9.17, 15) is 18.0 Å². The molecular formula is C21H23F3N2O. The highest BCUT2D eigenvalue weighted by Crippen LogP contribution is 2.29. The summed E-state index contributed by atoms with van der Waals surface area (Å²) < 4.78 is 38.4. The molecule has 0 aromatic heterocycles. The number of benzene rings is 2. The van der Waals surface area contributed by atoms with E-state index in [1.165, 1.54) is 6.07 Å². The Hall–Kier alpha value is -2.34.